The van der Waals surface area contributed by atoms with Crippen molar-refractivity contribution < 1.29 is 8.78 Å². The number of hydrogen-bond donors (Lipinski definition) is 0. The van der Waals surface area contributed by atoms with Crippen LogP contribution in [0.3, 0.4) is 0 Å². The van der Waals surface area contributed by atoms with Gasteiger partial charge in [0.2, 0.25) is 0 Å². The Kier molecular flexibility index (Phi) is 6.93. The number of rotatable bonds is 3. The molecule has 0 saturated carbocycles. The zero-order valence-electron chi connectivity index (χ0n) is 9.98. The molecule has 0 fully saturated rings. The minimum Gasteiger partial charge on any atom is -0.207 e. The van der Waals surface area contributed by atoms with E-state index in [9.17, 15) is 8.78 Å². The van der Waals surface area contributed by atoms with Crippen LogP contribution in [-0.2, 0) is 6.42 Å². The average molecular weight is 214 g/mol. The Bertz CT molecular complexity index is 262. The van der Waals surface area contributed by atoms with Crippen LogP contribution in [0.5, 0.6) is 0 Å². The quantitative estimate of drug-likeness (QED) is 0.691. The highest BCUT2D eigenvalue weighted by Crippen LogP contribution is 2.14. The molecule has 0 spiro atoms. The van der Waals surface area contributed by atoms with Gasteiger partial charge in [-0.3, -0.25) is 0 Å². The molecule has 0 heterocycles. The van der Waals surface area contributed by atoms with Crippen LogP contribution in [0.25, 0.3) is 0 Å². The highest BCUT2D eigenvalue weighted by atomic mass is 19.1. The van der Waals surface area contributed by atoms with Crippen molar-refractivity contribution in [2.24, 2.45) is 5.92 Å². The third-order valence-electron chi connectivity index (χ3n) is 2.20. The van der Waals surface area contributed by atoms with E-state index >= 15 is 0 Å². The monoisotopic (exact) mass is 214 g/mol. The molecule has 0 aliphatic heterocycles. The molecular weight excluding hydrogens is 194 g/mol. The molecule has 0 aliphatic rings. The zero-order chi connectivity index (χ0) is 11.8. The SMILES string of the molecule is CC.CCC(C)Cc1cc(F)cc(F)c1. The van der Waals surface area contributed by atoms with Gasteiger partial charge in [0.05, 0.1) is 0 Å². The van der Waals surface area contributed by atoms with E-state index in [1.54, 1.807) is 0 Å². The molecule has 0 amide bonds. The Morgan fingerprint density at radius 1 is 1.07 bits per heavy atom. The van der Waals surface area contributed by atoms with Gasteiger partial charge in [0.25, 0.3) is 0 Å². The minimum absolute atomic E-state index is 0.473. The maximum absolute atomic E-state index is 12.7. The lowest BCUT2D eigenvalue weighted by Crippen LogP contribution is -1.98. The van der Waals surface area contributed by atoms with Crippen LogP contribution in [-0.4, -0.2) is 0 Å². The summed E-state index contributed by atoms with van der Waals surface area (Å²) in [7, 11) is 0. The lowest BCUT2D eigenvalue weighted by atomic mass is 9.99. The van der Waals surface area contributed by atoms with Gasteiger partial charge in [-0.05, 0) is 30.0 Å². The van der Waals surface area contributed by atoms with Gasteiger partial charge in [0.15, 0.2) is 0 Å². The van der Waals surface area contributed by atoms with E-state index in [0.29, 0.717) is 5.92 Å². The third-order valence-corrected chi connectivity index (χ3v) is 2.20. The van der Waals surface area contributed by atoms with Crippen molar-refractivity contribution in [2.45, 2.75) is 40.5 Å². The number of benzene rings is 1. The second-order valence-corrected chi connectivity index (χ2v) is 3.50. The molecule has 0 aromatic heterocycles. The maximum atomic E-state index is 12.7. The van der Waals surface area contributed by atoms with Gasteiger partial charge in [0, 0.05) is 6.07 Å². The normalized spacial score (nSPS) is 11.6. The van der Waals surface area contributed by atoms with E-state index in [1.807, 2.05) is 13.8 Å². The fourth-order valence-corrected chi connectivity index (χ4v) is 1.28. The van der Waals surface area contributed by atoms with Crippen LogP contribution < -0.4 is 0 Å². The molecule has 1 aromatic rings. The predicted molar refractivity (Wildman–Crippen MR) is 60.9 cm³/mol. The van der Waals surface area contributed by atoms with Crippen molar-refractivity contribution in [1.29, 1.82) is 0 Å². The molecular formula is C13H20F2. The summed E-state index contributed by atoms with van der Waals surface area (Å²) in [6.45, 7) is 8.14. The van der Waals surface area contributed by atoms with E-state index in [2.05, 4.69) is 13.8 Å². The first kappa shape index (κ1) is 14.1. The molecule has 2 heteroatoms. The van der Waals surface area contributed by atoms with E-state index < -0.39 is 11.6 Å². The Balaban J connectivity index is 0.000000921. The predicted octanol–water partition coefficient (Wildman–Crippen LogP) is 4.58. The molecule has 0 bridgehead atoms. The first-order valence-corrected chi connectivity index (χ1v) is 5.56. The van der Waals surface area contributed by atoms with Crippen molar-refractivity contribution in [3.05, 3.63) is 35.4 Å². The molecule has 0 radical (unpaired) electrons. The fourth-order valence-electron chi connectivity index (χ4n) is 1.28. The van der Waals surface area contributed by atoms with Crippen molar-refractivity contribution >= 4 is 0 Å². The average Bonchev–Trinajstić information content (AvgIpc) is 2.19. The van der Waals surface area contributed by atoms with Gasteiger partial charge in [-0.15, -0.1) is 0 Å². The standard InChI is InChI=1S/C11H14F2.C2H6/c1-3-8(2)4-9-5-10(12)7-11(13)6-9;1-2/h5-8H,3-4H2,1-2H3;1-2H3. The van der Waals surface area contributed by atoms with Gasteiger partial charge < -0.3 is 0 Å². The highest BCUT2D eigenvalue weighted by molar-refractivity contribution is 5.18. The number of halogens is 2. The molecule has 0 nitrogen and oxygen atoms in total. The molecule has 0 N–H and O–H groups in total. The second kappa shape index (κ2) is 7.38. The van der Waals surface area contributed by atoms with Crippen LogP contribution in [0, 0.1) is 17.6 Å². The van der Waals surface area contributed by atoms with Crippen molar-refractivity contribution in [1.82, 2.24) is 0 Å². The molecule has 1 aromatic carbocycles. The minimum atomic E-state index is -0.488. The second-order valence-electron chi connectivity index (χ2n) is 3.50. The third kappa shape index (κ3) is 5.50. The van der Waals surface area contributed by atoms with Crippen LogP contribution in [0.15, 0.2) is 18.2 Å². The largest absolute Gasteiger partial charge is 0.207 e. The molecule has 0 aliphatic carbocycles. The summed E-state index contributed by atoms with van der Waals surface area (Å²) in [5.74, 6) is -0.502. The van der Waals surface area contributed by atoms with E-state index in [0.717, 1.165) is 24.5 Å². The van der Waals surface area contributed by atoms with Crippen LogP contribution in [0.4, 0.5) is 8.78 Å². The number of hydrogen-bond acceptors (Lipinski definition) is 0. The molecule has 1 atom stereocenters. The van der Waals surface area contributed by atoms with Crippen LogP contribution in [0.2, 0.25) is 0 Å². The van der Waals surface area contributed by atoms with Crippen LogP contribution >= 0.6 is 0 Å². The summed E-state index contributed by atoms with van der Waals surface area (Å²) in [6, 6.07) is 3.70. The molecule has 0 saturated heterocycles. The first-order chi connectivity index (χ1) is 7.11. The summed E-state index contributed by atoms with van der Waals surface area (Å²) in [6.07, 6.45) is 1.77. The van der Waals surface area contributed by atoms with Gasteiger partial charge >= 0.3 is 0 Å². The Hall–Kier alpha value is -0.920. The molecule has 1 rings (SSSR count). The summed E-state index contributed by atoms with van der Waals surface area (Å²) >= 11 is 0. The van der Waals surface area contributed by atoms with E-state index in [-0.39, 0.29) is 0 Å². The zero-order valence-corrected chi connectivity index (χ0v) is 9.98. The Labute approximate surface area is 91.3 Å². The summed E-state index contributed by atoms with van der Waals surface area (Å²) in [5, 5.41) is 0. The highest BCUT2D eigenvalue weighted by Gasteiger charge is 2.04. The topological polar surface area (TPSA) is 0 Å². The van der Waals surface area contributed by atoms with E-state index in [1.165, 1.54) is 12.1 Å². The lowest BCUT2D eigenvalue weighted by Gasteiger charge is -2.08. The summed E-state index contributed by atoms with van der Waals surface area (Å²) in [5.41, 5.74) is 0.742. The van der Waals surface area contributed by atoms with Gasteiger partial charge in [-0.25, -0.2) is 8.78 Å². The van der Waals surface area contributed by atoms with Crippen LogP contribution in [0.1, 0.15) is 39.7 Å². The fraction of sp³-hybridized carbons (Fsp3) is 0.538. The van der Waals surface area contributed by atoms with Crippen molar-refractivity contribution in [2.75, 3.05) is 0 Å². The van der Waals surface area contributed by atoms with Gasteiger partial charge in [-0.1, -0.05) is 34.1 Å². The Morgan fingerprint density at radius 2 is 1.53 bits per heavy atom. The smallest absolute Gasteiger partial charge is 0.126 e. The van der Waals surface area contributed by atoms with Crippen molar-refractivity contribution in [3.8, 4) is 0 Å². The lowest BCUT2D eigenvalue weighted by molar-refractivity contribution is 0.544. The summed E-state index contributed by atoms with van der Waals surface area (Å²) in [4.78, 5) is 0. The Morgan fingerprint density at radius 3 is 1.93 bits per heavy atom. The summed E-state index contributed by atoms with van der Waals surface area (Å²) < 4.78 is 25.5. The molecule has 1 unspecified atom stereocenters. The van der Waals surface area contributed by atoms with E-state index in [4.69, 9.17) is 0 Å². The van der Waals surface area contributed by atoms with Gasteiger partial charge in [-0.2, -0.15) is 0 Å². The maximum Gasteiger partial charge on any atom is 0.126 e. The first-order valence-electron chi connectivity index (χ1n) is 5.56. The van der Waals surface area contributed by atoms with Gasteiger partial charge in [0.1, 0.15) is 11.6 Å². The molecule has 86 valence electrons. The molecule has 15 heavy (non-hydrogen) atoms. The van der Waals surface area contributed by atoms with Crippen molar-refractivity contribution in [3.63, 3.8) is 0 Å².